The highest BCUT2D eigenvalue weighted by atomic mass is 28.2. The van der Waals surface area contributed by atoms with Crippen LogP contribution in [0.4, 0.5) is 0 Å². The molecule has 0 amide bonds. The van der Waals surface area contributed by atoms with Crippen molar-refractivity contribution >= 4 is 15.7 Å². The third-order valence-corrected chi connectivity index (χ3v) is 4.01. The van der Waals surface area contributed by atoms with Crippen LogP contribution in [0.15, 0.2) is 12.2 Å². The summed E-state index contributed by atoms with van der Waals surface area (Å²) in [5.41, 5.74) is 0.459. The van der Waals surface area contributed by atoms with E-state index in [-0.39, 0.29) is 11.6 Å². The van der Waals surface area contributed by atoms with Gasteiger partial charge in [0.2, 0.25) is 9.76 Å². The molecule has 0 aromatic carbocycles. The minimum absolute atomic E-state index is 0.00677. The Kier molecular flexibility index (Phi) is 8.17. The van der Waals surface area contributed by atoms with Crippen molar-refractivity contribution in [2.24, 2.45) is 0 Å². The quantitative estimate of drug-likeness (QED) is 0.275. The zero-order valence-electron chi connectivity index (χ0n) is 11.5. The van der Waals surface area contributed by atoms with Gasteiger partial charge in [-0.2, -0.15) is 0 Å². The summed E-state index contributed by atoms with van der Waals surface area (Å²) in [5, 5.41) is 0. The molecule has 0 aromatic heterocycles. The SMILES string of the molecule is C=C(C)C(=O)OCCC[Si]OC(C)(CC)CC. The molecule has 0 aliphatic carbocycles. The van der Waals surface area contributed by atoms with Gasteiger partial charge in [-0.25, -0.2) is 4.79 Å². The lowest BCUT2D eigenvalue weighted by molar-refractivity contribution is -0.138. The van der Waals surface area contributed by atoms with Crippen LogP contribution < -0.4 is 0 Å². The predicted molar refractivity (Wildman–Crippen MR) is 71.0 cm³/mol. The average Bonchev–Trinajstić information content (AvgIpc) is 2.32. The van der Waals surface area contributed by atoms with Crippen molar-refractivity contribution in [2.45, 2.75) is 58.6 Å². The molecule has 0 aliphatic heterocycles. The van der Waals surface area contributed by atoms with Gasteiger partial charge in [0.25, 0.3) is 0 Å². The van der Waals surface area contributed by atoms with Crippen molar-refractivity contribution in [3.63, 3.8) is 0 Å². The fraction of sp³-hybridized carbons (Fsp3) is 0.769. The van der Waals surface area contributed by atoms with Gasteiger partial charge < -0.3 is 9.16 Å². The van der Waals surface area contributed by atoms with Gasteiger partial charge in [0.1, 0.15) is 0 Å². The smallest absolute Gasteiger partial charge is 0.333 e. The van der Waals surface area contributed by atoms with Gasteiger partial charge in [-0.3, -0.25) is 0 Å². The van der Waals surface area contributed by atoms with Gasteiger partial charge in [0, 0.05) is 5.57 Å². The number of hydrogen-bond donors (Lipinski definition) is 0. The normalized spacial score (nSPS) is 11.3. The summed E-state index contributed by atoms with van der Waals surface area (Å²) in [5.74, 6) is -0.304. The molecule has 0 saturated heterocycles. The van der Waals surface area contributed by atoms with Crippen LogP contribution in [-0.4, -0.2) is 27.9 Å². The second kappa shape index (κ2) is 8.47. The lowest BCUT2D eigenvalue weighted by atomic mass is 10.0. The van der Waals surface area contributed by atoms with Gasteiger partial charge in [0.15, 0.2) is 0 Å². The second-order valence-electron chi connectivity index (χ2n) is 4.42. The summed E-state index contributed by atoms with van der Waals surface area (Å²) in [6.45, 7) is 12.1. The van der Waals surface area contributed by atoms with E-state index in [0.717, 1.165) is 25.3 Å². The Morgan fingerprint density at radius 2 is 1.94 bits per heavy atom. The highest BCUT2D eigenvalue weighted by Crippen LogP contribution is 2.18. The van der Waals surface area contributed by atoms with Crippen LogP contribution in [0.5, 0.6) is 0 Å². The Balaban J connectivity index is 3.53. The van der Waals surface area contributed by atoms with E-state index in [1.165, 1.54) is 0 Å². The number of carbonyl (C=O) groups excluding carboxylic acids is 1. The molecule has 4 heteroatoms. The molecule has 0 unspecified atom stereocenters. The summed E-state index contributed by atoms with van der Waals surface area (Å²) in [6, 6.07) is 0.944. The predicted octanol–water partition coefficient (Wildman–Crippen LogP) is 3.13. The maximum atomic E-state index is 11.1. The highest BCUT2D eigenvalue weighted by Gasteiger charge is 2.19. The third kappa shape index (κ3) is 7.34. The summed E-state index contributed by atoms with van der Waals surface area (Å²) >= 11 is 0. The van der Waals surface area contributed by atoms with Gasteiger partial charge in [-0.1, -0.05) is 20.4 Å². The molecule has 0 aromatic rings. The minimum atomic E-state index is -0.304. The van der Waals surface area contributed by atoms with E-state index in [4.69, 9.17) is 9.16 Å². The van der Waals surface area contributed by atoms with Gasteiger partial charge in [-0.15, -0.1) is 0 Å². The van der Waals surface area contributed by atoms with E-state index >= 15 is 0 Å². The number of hydrogen-bond acceptors (Lipinski definition) is 3. The first-order valence-electron chi connectivity index (χ1n) is 6.18. The number of rotatable bonds is 9. The molecular formula is C13H24O3Si. The third-order valence-electron chi connectivity index (χ3n) is 2.82. The molecule has 3 nitrogen and oxygen atoms in total. The van der Waals surface area contributed by atoms with Crippen molar-refractivity contribution in [3.8, 4) is 0 Å². The summed E-state index contributed by atoms with van der Waals surface area (Å²) in [6.07, 6.45) is 2.91. The monoisotopic (exact) mass is 256 g/mol. The summed E-state index contributed by atoms with van der Waals surface area (Å²) < 4.78 is 10.9. The lowest BCUT2D eigenvalue weighted by Gasteiger charge is -2.27. The molecular weight excluding hydrogens is 232 g/mol. The van der Waals surface area contributed by atoms with Crippen LogP contribution in [0.3, 0.4) is 0 Å². The Bertz CT molecular complexity index is 247. The molecule has 0 fully saturated rings. The first-order chi connectivity index (χ1) is 7.95. The van der Waals surface area contributed by atoms with Crippen LogP contribution >= 0.6 is 0 Å². The van der Waals surface area contributed by atoms with Crippen LogP contribution in [0.25, 0.3) is 0 Å². The van der Waals surface area contributed by atoms with E-state index in [2.05, 4.69) is 27.4 Å². The maximum absolute atomic E-state index is 11.1. The number of carbonyl (C=O) groups is 1. The molecule has 0 bridgehead atoms. The van der Waals surface area contributed by atoms with E-state index < -0.39 is 0 Å². The van der Waals surface area contributed by atoms with Crippen molar-refractivity contribution in [1.82, 2.24) is 0 Å². The van der Waals surface area contributed by atoms with Crippen molar-refractivity contribution in [1.29, 1.82) is 0 Å². The van der Waals surface area contributed by atoms with Crippen LogP contribution in [-0.2, 0) is 14.0 Å². The molecule has 0 heterocycles. The van der Waals surface area contributed by atoms with Crippen molar-refractivity contribution < 1.29 is 14.0 Å². The topological polar surface area (TPSA) is 35.5 Å². The van der Waals surface area contributed by atoms with E-state index in [9.17, 15) is 4.79 Å². The second-order valence-corrected chi connectivity index (χ2v) is 5.42. The van der Waals surface area contributed by atoms with E-state index in [1.54, 1.807) is 6.92 Å². The Morgan fingerprint density at radius 3 is 2.41 bits per heavy atom. The van der Waals surface area contributed by atoms with Gasteiger partial charge in [-0.05, 0) is 39.2 Å². The van der Waals surface area contributed by atoms with E-state index in [1.807, 2.05) is 0 Å². The fourth-order valence-corrected chi connectivity index (χ4v) is 2.08. The molecule has 0 aliphatic rings. The molecule has 0 rings (SSSR count). The molecule has 98 valence electrons. The standard InChI is InChI=1S/C13H24O3Si/c1-6-13(5,7-2)16-17-10-8-9-15-12(14)11(3)4/h3,6-10H2,1-2,4-5H3. The Morgan fingerprint density at radius 1 is 1.35 bits per heavy atom. The Labute approximate surface area is 108 Å². The van der Waals surface area contributed by atoms with E-state index in [0.29, 0.717) is 21.9 Å². The molecule has 0 spiro atoms. The highest BCUT2D eigenvalue weighted by molar-refractivity contribution is 6.27. The molecule has 0 atom stereocenters. The van der Waals surface area contributed by atoms with Crippen molar-refractivity contribution in [2.75, 3.05) is 6.61 Å². The van der Waals surface area contributed by atoms with Crippen LogP contribution in [0, 0.1) is 0 Å². The molecule has 0 saturated carbocycles. The zero-order chi connectivity index (χ0) is 13.3. The number of esters is 1. The molecule has 0 N–H and O–H groups in total. The largest absolute Gasteiger partial charge is 0.462 e. The maximum Gasteiger partial charge on any atom is 0.333 e. The first kappa shape index (κ1) is 16.4. The first-order valence-corrected chi connectivity index (χ1v) is 7.30. The van der Waals surface area contributed by atoms with Crippen LogP contribution in [0.2, 0.25) is 6.04 Å². The van der Waals surface area contributed by atoms with Crippen LogP contribution in [0.1, 0.15) is 47.0 Å². The van der Waals surface area contributed by atoms with Crippen molar-refractivity contribution in [3.05, 3.63) is 12.2 Å². The van der Waals surface area contributed by atoms with Gasteiger partial charge >= 0.3 is 5.97 Å². The zero-order valence-corrected chi connectivity index (χ0v) is 12.5. The minimum Gasteiger partial charge on any atom is -0.462 e. The lowest BCUT2D eigenvalue weighted by Crippen LogP contribution is -2.28. The summed E-state index contributed by atoms with van der Waals surface area (Å²) in [7, 11) is 0.481. The molecule has 2 radical (unpaired) electrons. The summed E-state index contributed by atoms with van der Waals surface area (Å²) in [4.78, 5) is 11.1. The molecule has 17 heavy (non-hydrogen) atoms. The number of ether oxygens (including phenoxy) is 1. The Hall–Kier alpha value is -0.613. The fourth-order valence-electron chi connectivity index (χ4n) is 1.05. The van der Waals surface area contributed by atoms with Gasteiger partial charge in [0.05, 0.1) is 12.2 Å². The average molecular weight is 256 g/mol.